The maximum absolute atomic E-state index is 13.1. The van der Waals surface area contributed by atoms with Gasteiger partial charge in [0.2, 0.25) is 0 Å². The second-order valence-corrected chi connectivity index (χ2v) is 5.60. The molecule has 0 fully saturated rings. The summed E-state index contributed by atoms with van der Waals surface area (Å²) in [5, 5.41) is 0. The molecule has 0 saturated heterocycles. The third-order valence-corrected chi connectivity index (χ3v) is 3.66. The monoisotopic (exact) mass is 303 g/mol. The lowest BCUT2D eigenvalue weighted by atomic mass is 10.1. The molecule has 0 aliphatic rings. The maximum Gasteiger partial charge on any atom is 0.125 e. The zero-order chi connectivity index (χ0) is 15.6. The Hall–Kier alpha value is -1.94. The smallest absolute Gasteiger partial charge is 0.125 e. The maximum atomic E-state index is 13.1. The molecule has 110 valence electrons. The summed E-state index contributed by atoms with van der Waals surface area (Å²) in [7, 11) is 0. The fourth-order valence-corrected chi connectivity index (χ4v) is 2.41. The zero-order valence-electron chi connectivity index (χ0n) is 12.4. The average molecular weight is 303 g/mol. The molecule has 0 aliphatic carbocycles. The van der Waals surface area contributed by atoms with E-state index in [9.17, 15) is 4.39 Å². The number of benzene rings is 2. The van der Waals surface area contributed by atoms with Crippen LogP contribution in [0, 0.1) is 26.6 Å². The largest absolute Gasteiger partial charge is 0.488 e. The van der Waals surface area contributed by atoms with Gasteiger partial charge in [-0.2, -0.15) is 0 Å². The van der Waals surface area contributed by atoms with Gasteiger partial charge in [-0.1, -0.05) is 18.3 Å². The molecule has 2 rings (SSSR count). The molecule has 0 radical (unpaired) electrons. The quantitative estimate of drug-likeness (QED) is 0.868. The highest BCUT2D eigenvalue weighted by molar-refractivity contribution is 7.80. The van der Waals surface area contributed by atoms with Crippen molar-refractivity contribution >= 4 is 17.2 Å². The van der Waals surface area contributed by atoms with E-state index in [0.717, 1.165) is 33.6 Å². The van der Waals surface area contributed by atoms with E-state index >= 15 is 0 Å². The molecule has 2 nitrogen and oxygen atoms in total. The summed E-state index contributed by atoms with van der Waals surface area (Å²) < 4.78 is 19.0. The number of thiocarbonyl (C=S) groups is 1. The predicted octanol–water partition coefficient (Wildman–Crippen LogP) is 3.96. The molecule has 0 aliphatic heterocycles. The second-order valence-electron chi connectivity index (χ2n) is 5.16. The fourth-order valence-electron chi connectivity index (χ4n) is 2.29. The van der Waals surface area contributed by atoms with Gasteiger partial charge in [0.1, 0.15) is 23.2 Å². The summed E-state index contributed by atoms with van der Waals surface area (Å²) in [4.78, 5) is 0.377. The average Bonchev–Trinajstić information content (AvgIpc) is 2.39. The molecule has 21 heavy (non-hydrogen) atoms. The number of ether oxygens (including phenoxy) is 1. The van der Waals surface area contributed by atoms with Crippen LogP contribution in [0.15, 0.2) is 30.3 Å². The molecule has 0 atom stereocenters. The summed E-state index contributed by atoms with van der Waals surface area (Å²) in [5.41, 5.74) is 10.3. The van der Waals surface area contributed by atoms with Crippen LogP contribution >= 0.6 is 12.2 Å². The SMILES string of the molecule is Cc1cc(F)ccc1COc1c(C)cc(C(N)=S)cc1C. The minimum absolute atomic E-state index is 0.232. The summed E-state index contributed by atoms with van der Waals surface area (Å²) >= 11 is 5.00. The number of aryl methyl sites for hydroxylation is 3. The molecule has 2 N–H and O–H groups in total. The molecule has 2 aromatic carbocycles. The predicted molar refractivity (Wildman–Crippen MR) is 87.3 cm³/mol. The Balaban J connectivity index is 2.22. The molecular formula is C17H18FNOS. The standard InChI is InChI=1S/C17H18FNOS/c1-10-8-15(18)5-4-13(10)9-20-16-11(2)6-14(17(19)21)7-12(16)3/h4-8H,9H2,1-3H3,(H2,19,21). The molecule has 0 spiro atoms. The first kappa shape index (κ1) is 15.4. The molecule has 0 aromatic heterocycles. The van der Waals surface area contributed by atoms with Crippen LogP contribution in [0.5, 0.6) is 5.75 Å². The van der Waals surface area contributed by atoms with Gasteiger partial charge in [0, 0.05) is 5.56 Å². The molecule has 0 saturated carbocycles. The number of hydrogen-bond donors (Lipinski definition) is 1. The van der Waals surface area contributed by atoms with Gasteiger partial charge in [-0.05, 0) is 67.3 Å². The minimum atomic E-state index is -0.232. The Morgan fingerprint density at radius 2 is 1.71 bits per heavy atom. The van der Waals surface area contributed by atoms with Crippen molar-refractivity contribution in [3.63, 3.8) is 0 Å². The summed E-state index contributed by atoms with van der Waals surface area (Å²) in [6.45, 7) is 6.20. The van der Waals surface area contributed by atoms with Gasteiger partial charge in [0.05, 0.1) is 0 Å². The van der Waals surface area contributed by atoms with Crippen molar-refractivity contribution in [2.75, 3.05) is 0 Å². The van der Waals surface area contributed by atoms with E-state index in [-0.39, 0.29) is 5.82 Å². The third-order valence-electron chi connectivity index (χ3n) is 3.42. The summed E-state index contributed by atoms with van der Waals surface area (Å²) in [5.74, 6) is 0.586. The van der Waals surface area contributed by atoms with Crippen LogP contribution in [0.2, 0.25) is 0 Å². The van der Waals surface area contributed by atoms with Crippen LogP contribution in [-0.2, 0) is 6.61 Å². The van der Waals surface area contributed by atoms with E-state index in [1.165, 1.54) is 12.1 Å². The van der Waals surface area contributed by atoms with Crippen molar-refractivity contribution in [2.45, 2.75) is 27.4 Å². The van der Waals surface area contributed by atoms with E-state index in [0.29, 0.717) is 11.6 Å². The van der Waals surface area contributed by atoms with Crippen LogP contribution in [-0.4, -0.2) is 4.99 Å². The van der Waals surface area contributed by atoms with Crippen molar-refractivity contribution in [1.82, 2.24) is 0 Å². The zero-order valence-corrected chi connectivity index (χ0v) is 13.2. The molecule has 0 heterocycles. The van der Waals surface area contributed by atoms with Crippen LogP contribution in [0.1, 0.15) is 27.8 Å². The van der Waals surface area contributed by atoms with E-state index in [1.807, 2.05) is 32.9 Å². The van der Waals surface area contributed by atoms with Gasteiger partial charge >= 0.3 is 0 Å². The van der Waals surface area contributed by atoms with E-state index in [4.69, 9.17) is 22.7 Å². The fraction of sp³-hybridized carbons (Fsp3) is 0.235. The van der Waals surface area contributed by atoms with Gasteiger partial charge in [-0.15, -0.1) is 0 Å². The van der Waals surface area contributed by atoms with Crippen molar-refractivity contribution in [1.29, 1.82) is 0 Å². The Morgan fingerprint density at radius 1 is 1.10 bits per heavy atom. The van der Waals surface area contributed by atoms with Gasteiger partial charge in [-0.25, -0.2) is 4.39 Å². The Kier molecular flexibility index (Phi) is 4.58. The number of rotatable bonds is 4. The van der Waals surface area contributed by atoms with Crippen LogP contribution < -0.4 is 10.5 Å². The molecule has 0 bridgehead atoms. The highest BCUT2D eigenvalue weighted by Crippen LogP contribution is 2.26. The summed E-state index contributed by atoms with van der Waals surface area (Å²) in [6.07, 6.45) is 0. The molecule has 4 heteroatoms. The Labute approximate surface area is 129 Å². The second kappa shape index (κ2) is 6.22. The van der Waals surface area contributed by atoms with Gasteiger partial charge in [-0.3, -0.25) is 0 Å². The number of halogens is 1. The highest BCUT2D eigenvalue weighted by Gasteiger charge is 2.09. The summed E-state index contributed by atoms with van der Waals surface area (Å²) in [6, 6.07) is 8.54. The van der Waals surface area contributed by atoms with Crippen LogP contribution in [0.3, 0.4) is 0 Å². The number of nitrogens with two attached hydrogens (primary N) is 1. The van der Waals surface area contributed by atoms with Gasteiger partial charge in [0.15, 0.2) is 0 Å². The molecule has 2 aromatic rings. The van der Waals surface area contributed by atoms with E-state index in [1.54, 1.807) is 6.07 Å². The Bertz CT molecular complexity index is 674. The normalized spacial score (nSPS) is 10.5. The lowest BCUT2D eigenvalue weighted by Crippen LogP contribution is -2.10. The molecule has 0 unspecified atom stereocenters. The third kappa shape index (κ3) is 3.58. The minimum Gasteiger partial charge on any atom is -0.488 e. The van der Waals surface area contributed by atoms with E-state index in [2.05, 4.69) is 0 Å². The van der Waals surface area contributed by atoms with Crippen molar-refractivity contribution in [3.8, 4) is 5.75 Å². The van der Waals surface area contributed by atoms with Crippen molar-refractivity contribution in [3.05, 3.63) is 64.0 Å². The molecular weight excluding hydrogens is 285 g/mol. The first-order chi connectivity index (χ1) is 9.88. The van der Waals surface area contributed by atoms with E-state index < -0.39 is 0 Å². The van der Waals surface area contributed by atoms with Crippen LogP contribution in [0.25, 0.3) is 0 Å². The lowest BCUT2D eigenvalue weighted by molar-refractivity contribution is 0.301. The first-order valence-corrected chi connectivity index (χ1v) is 7.08. The highest BCUT2D eigenvalue weighted by atomic mass is 32.1. The van der Waals surface area contributed by atoms with Gasteiger partial charge in [0.25, 0.3) is 0 Å². The number of hydrogen-bond acceptors (Lipinski definition) is 2. The van der Waals surface area contributed by atoms with Gasteiger partial charge < -0.3 is 10.5 Å². The van der Waals surface area contributed by atoms with Crippen molar-refractivity contribution in [2.24, 2.45) is 5.73 Å². The Morgan fingerprint density at radius 3 is 2.24 bits per heavy atom. The molecule has 0 amide bonds. The van der Waals surface area contributed by atoms with Crippen molar-refractivity contribution < 1.29 is 9.13 Å². The van der Waals surface area contributed by atoms with Crippen LogP contribution in [0.4, 0.5) is 4.39 Å². The topological polar surface area (TPSA) is 35.2 Å². The first-order valence-electron chi connectivity index (χ1n) is 6.67. The lowest BCUT2D eigenvalue weighted by Gasteiger charge is -2.15.